The van der Waals surface area contributed by atoms with Crippen LogP contribution in [0.3, 0.4) is 0 Å². The van der Waals surface area contributed by atoms with Crippen LogP contribution in [0.4, 0.5) is 0 Å². The van der Waals surface area contributed by atoms with Gasteiger partial charge in [0, 0.05) is 4.88 Å². The van der Waals surface area contributed by atoms with Crippen LogP contribution in [0.15, 0.2) is 93.2 Å². The first kappa shape index (κ1) is 23.0. The van der Waals surface area contributed by atoms with E-state index in [-0.39, 0.29) is 12.2 Å². The van der Waals surface area contributed by atoms with E-state index in [9.17, 15) is 9.59 Å². The van der Waals surface area contributed by atoms with Crippen molar-refractivity contribution in [2.24, 2.45) is 4.99 Å². The average molecular weight is 503 g/mol. The third-order valence-corrected chi connectivity index (χ3v) is 7.57. The molecule has 0 N–H and O–H groups in total. The molecule has 2 aromatic heterocycles. The van der Waals surface area contributed by atoms with E-state index in [2.05, 4.69) is 4.99 Å². The lowest BCUT2D eigenvalue weighted by Gasteiger charge is -2.23. The minimum Gasteiger partial charge on any atom is -0.497 e. The van der Waals surface area contributed by atoms with Crippen molar-refractivity contribution in [3.05, 3.63) is 119 Å². The van der Waals surface area contributed by atoms with E-state index < -0.39 is 12.0 Å². The molecule has 0 amide bonds. The third kappa shape index (κ3) is 4.62. The molecule has 3 heterocycles. The summed E-state index contributed by atoms with van der Waals surface area (Å²) in [6, 6.07) is 20.3. The van der Waals surface area contributed by atoms with Crippen LogP contribution in [0.5, 0.6) is 5.75 Å². The third-order valence-electron chi connectivity index (χ3n) is 5.66. The number of esters is 1. The number of benzene rings is 2. The highest BCUT2D eigenvalue weighted by Gasteiger charge is 2.34. The summed E-state index contributed by atoms with van der Waals surface area (Å²) in [5.74, 6) is 0.234. The largest absolute Gasteiger partial charge is 0.497 e. The first-order valence-electron chi connectivity index (χ1n) is 11.0. The summed E-state index contributed by atoms with van der Waals surface area (Å²) >= 11 is 2.80. The van der Waals surface area contributed by atoms with E-state index in [1.807, 2.05) is 78.2 Å². The van der Waals surface area contributed by atoms with Gasteiger partial charge in [-0.15, -0.1) is 11.3 Å². The number of hydrogen-bond acceptors (Lipinski definition) is 7. The Morgan fingerprint density at radius 3 is 2.69 bits per heavy atom. The molecule has 0 radical (unpaired) electrons. The van der Waals surface area contributed by atoms with Crippen LogP contribution < -0.4 is 19.6 Å². The van der Waals surface area contributed by atoms with Gasteiger partial charge < -0.3 is 9.47 Å². The van der Waals surface area contributed by atoms with Gasteiger partial charge in [0.25, 0.3) is 5.56 Å². The second-order valence-electron chi connectivity index (χ2n) is 7.94. The summed E-state index contributed by atoms with van der Waals surface area (Å²) in [6.07, 6.45) is 1.82. The molecule has 5 rings (SSSR count). The minimum atomic E-state index is -0.595. The molecule has 8 heteroatoms. The van der Waals surface area contributed by atoms with Crippen molar-refractivity contribution in [3.63, 3.8) is 0 Å². The molecule has 0 aliphatic carbocycles. The fourth-order valence-corrected chi connectivity index (χ4v) is 5.85. The van der Waals surface area contributed by atoms with Crippen molar-refractivity contribution in [3.8, 4) is 5.75 Å². The number of aromatic nitrogens is 1. The summed E-state index contributed by atoms with van der Waals surface area (Å²) < 4.78 is 13.1. The second-order valence-corrected chi connectivity index (χ2v) is 9.92. The number of nitrogens with zero attached hydrogens (tertiary/aromatic N) is 2. The van der Waals surface area contributed by atoms with Crippen LogP contribution in [0, 0.1) is 0 Å². The number of thiophene rings is 1. The van der Waals surface area contributed by atoms with Gasteiger partial charge in [-0.05, 0) is 47.7 Å². The van der Waals surface area contributed by atoms with Crippen molar-refractivity contribution in [2.75, 3.05) is 7.11 Å². The van der Waals surface area contributed by atoms with Crippen LogP contribution >= 0.6 is 22.7 Å². The number of thiazole rings is 1. The van der Waals surface area contributed by atoms with Crippen molar-refractivity contribution in [1.82, 2.24) is 4.57 Å². The minimum absolute atomic E-state index is 0.147. The van der Waals surface area contributed by atoms with E-state index in [1.165, 1.54) is 22.7 Å². The normalized spacial score (nSPS) is 15.5. The Balaban J connectivity index is 1.58. The molecule has 6 nitrogen and oxygen atoms in total. The standard InChI is InChI=1S/C27H22N2O4S2/c1-17-23(26(31)33-16-18-8-4-3-5-9-18)24(21-12-7-13-34-21)29-25(30)22(35-27(29)28-17)15-19-10-6-11-20(14-19)32-2/h3-15,24H,16H2,1-2H3/b22-15+. The van der Waals surface area contributed by atoms with Crippen LogP contribution in [0.1, 0.15) is 29.0 Å². The number of rotatable bonds is 6. The number of allylic oxidation sites excluding steroid dienone is 1. The second kappa shape index (κ2) is 9.85. The lowest BCUT2D eigenvalue weighted by molar-refractivity contribution is -0.140. The van der Waals surface area contributed by atoms with Gasteiger partial charge in [-0.2, -0.15) is 0 Å². The molecule has 0 saturated carbocycles. The van der Waals surface area contributed by atoms with Crippen molar-refractivity contribution >= 4 is 34.7 Å². The van der Waals surface area contributed by atoms with Gasteiger partial charge in [0.15, 0.2) is 4.80 Å². The summed E-state index contributed by atoms with van der Waals surface area (Å²) in [7, 11) is 1.61. The Kier molecular flexibility index (Phi) is 6.48. The molecule has 1 atom stereocenters. The summed E-state index contributed by atoms with van der Waals surface area (Å²) in [5, 5.41) is 1.93. The highest BCUT2D eigenvalue weighted by Crippen LogP contribution is 2.33. The predicted molar refractivity (Wildman–Crippen MR) is 137 cm³/mol. The highest BCUT2D eigenvalue weighted by molar-refractivity contribution is 7.10. The molecule has 35 heavy (non-hydrogen) atoms. The number of carbonyl (C=O) groups excluding carboxylic acids is 1. The fraction of sp³-hybridized carbons (Fsp3) is 0.148. The number of carbonyl (C=O) groups is 1. The Labute approximate surface area is 209 Å². The number of fused-ring (bicyclic) bond motifs is 1. The number of ether oxygens (including phenoxy) is 2. The van der Waals surface area contributed by atoms with Crippen molar-refractivity contribution < 1.29 is 14.3 Å². The Morgan fingerprint density at radius 1 is 1.11 bits per heavy atom. The van der Waals surface area contributed by atoms with E-state index in [1.54, 1.807) is 18.6 Å². The fourth-order valence-electron chi connectivity index (χ4n) is 3.98. The van der Waals surface area contributed by atoms with Gasteiger partial charge >= 0.3 is 5.97 Å². The maximum Gasteiger partial charge on any atom is 0.338 e. The molecule has 1 aliphatic rings. The molecule has 1 aliphatic heterocycles. The van der Waals surface area contributed by atoms with Crippen molar-refractivity contribution in [2.45, 2.75) is 19.6 Å². The molecule has 2 aromatic carbocycles. The Morgan fingerprint density at radius 2 is 1.94 bits per heavy atom. The smallest absolute Gasteiger partial charge is 0.338 e. The van der Waals surface area contributed by atoms with Gasteiger partial charge in [-0.25, -0.2) is 9.79 Å². The van der Waals surface area contributed by atoms with E-state index in [0.29, 0.717) is 26.4 Å². The molecule has 0 fully saturated rings. The maximum atomic E-state index is 13.6. The quantitative estimate of drug-likeness (QED) is 0.373. The summed E-state index contributed by atoms with van der Waals surface area (Å²) in [4.78, 5) is 33.0. The van der Waals surface area contributed by atoms with Gasteiger partial charge in [-0.3, -0.25) is 9.36 Å². The molecule has 4 aromatic rings. The molecule has 1 unspecified atom stereocenters. The van der Waals surface area contributed by atoms with Crippen LogP contribution in [-0.4, -0.2) is 17.6 Å². The number of hydrogen-bond donors (Lipinski definition) is 0. The Bertz CT molecular complexity index is 1580. The lowest BCUT2D eigenvalue weighted by atomic mass is 10.0. The van der Waals surface area contributed by atoms with Gasteiger partial charge in [0.2, 0.25) is 0 Å². The van der Waals surface area contributed by atoms with Crippen molar-refractivity contribution in [1.29, 1.82) is 0 Å². The van der Waals surface area contributed by atoms with Crippen LogP contribution in [0.2, 0.25) is 0 Å². The van der Waals surface area contributed by atoms with E-state index in [0.717, 1.165) is 16.0 Å². The maximum absolute atomic E-state index is 13.6. The first-order chi connectivity index (χ1) is 17.0. The summed E-state index contributed by atoms with van der Waals surface area (Å²) in [5.41, 5.74) is 2.47. The zero-order valence-corrected chi connectivity index (χ0v) is 20.8. The molecule has 0 saturated heterocycles. The lowest BCUT2D eigenvalue weighted by Crippen LogP contribution is -2.39. The number of methoxy groups -OCH3 is 1. The zero-order chi connectivity index (χ0) is 24.4. The Hall–Kier alpha value is -3.75. The molecular weight excluding hydrogens is 480 g/mol. The predicted octanol–water partition coefficient (Wildman–Crippen LogP) is 4.05. The van der Waals surface area contributed by atoms with Crippen LogP contribution in [0.25, 0.3) is 6.08 Å². The molecule has 0 bridgehead atoms. The van der Waals surface area contributed by atoms with Crippen LogP contribution in [-0.2, 0) is 16.1 Å². The molecular formula is C27H22N2O4S2. The van der Waals surface area contributed by atoms with Gasteiger partial charge in [-0.1, -0.05) is 59.9 Å². The van der Waals surface area contributed by atoms with Gasteiger partial charge in [0.05, 0.1) is 22.9 Å². The monoisotopic (exact) mass is 502 g/mol. The highest BCUT2D eigenvalue weighted by atomic mass is 32.1. The summed E-state index contributed by atoms with van der Waals surface area (Å²) in [6.45, 7) is 1.94. The molecule has 0 spiro atoms. The average Bonchev–Trinajstić information content (AvgIpc) is 3.51. The van der Waals surface area contributed by atoms with Gasteiger partial charge in [0.1, 0.15) is 18.4 Å². The SMILES string of the molecule is COc1cccc(/C=c2/sc3n(c2=O)C(c2cccs2)C(C(=O)OCc2ccccc2)=C(C)N=3)c1. The van der Waals surface area contributed by atoms with E-state index in [4.69, 9.17) is 9.47 Å². The topological polar surface area (TPSA) is 69.9 Å². The molecule has 176 valence electrons. The van der Waals surface area contributed by atoms with E-state index >= 15 is 0 Å². The first-order valence-corrected chi connectivity index (χ1v) is 12.7. The zero-order valence-electron chi connectivity index (χ0n) is 19.1.